The first-order chi connectivity index (χ1) is 9.17. The Morgan fingerprint density at radius 3 is 2.84 bits per heavy atom. The smallest absolute Gasteiger partial charge is 0.102 e. The fraction of sp³-hybridized carbons (Fsp3) is 0.231. The molecule has 0 amide bonds. The van der Waals surface area contributed by atoms with Crippen molar-refractivity contribution < 1.29 is 5.11 Å². The molecule has 1 N–H and O–H groups in total. The van der Waals surface area contributed by atoms with Crippen LogP contribution in [-0.4, -0.2) is 24.7 Å². The summed E-state index contributed by atoms with van der Waals surface area (Å²) in [6, 6.07) is 5.65. The van der Waals surface area contributed by atoms with Crippen molar-refractivity contribution in [3.63, 3.8) is 0 Å². The number of hydrogen-bond donors (Lipinski definition) is 1. The second-order valence-corrected chi connectivity index (χ2v) is 4.92. The number of nitrogens with zero attached hydrogens (tertiary/aromatic N) is 4. The first kappa shape index (κ1) is 12.2. The highest BCUT2D eigenvalue weighted by Gasteiger charge is 2.10. The van der Waals surface area contributed by atoms with E-state index in [4.69, 9.17) is 11.6 Å². The Hall–Kier alpha value is -1.85. The predicted molar refractivity (Wildman–Crippen MR) is 73.0 cm³/mol. The van der Waals surface area contributed by atoms with Gasteiger partial charge in [0.25, 0.3) is 0 Å². The van der Waals surface area contributed by atoms with E-state index in [0.29, 0.717) is 11.6 Å². The molecule has 0 saturated carbocycles. The SMILES string of the molecule is Cn1cc(Cn2cc(CO)c3ccc(Cl)cc32)nn1. The van der Waals surface area contributed by atoms with Gasteiger partial charge in [-0.2, -0.15) is 0 Å². The van der Waals surface area contributed by atoms with E-state index < -0.39 is 0 Å². The number of aliphatic hydroxyl groups excluding tert-OH is 1. The molecular weight excluding hydrogens is 264 g/mol. The van der Waals surface area contributed by atoms with Crippen LogP contribution in [0.2, 0.25) is 5.02 Å². The Kier molecular flexibility index (Phi) is 3.00. The van der Waals surface area contributed by atoms with Gasteiger partial charge in [-0.05, 0) is 12.1 Å². The van der Waals surface area contributed by atoms with Gasteiger partial charge in [0.1, 0.15) is 5.69 Å². The Morgan fingerprint density at radius 2 is 2.16 bits per heavy atom. The summed E-state index contributed by atoms with van der Waals surface area (Å²) in [7, 11) is 1.83. The average Bonchev–Trinajstić information content (AvgIpc) is 2.94. The summed E-state index contributed by atoms with van der Waals surface area (Å²) in [4.78, 5) is 0. The van der Waals surface area contributed by atoms with Crippen LogP contribution in [0.3, 0.4) is 0 Å². The van der Waals surface area contributed by atoms with Gasteiger partial charge in [0.2, 0.25) is 0 Å². The number of hydrogen-bond acceptors (Lipinski definition) is 3. The molecule has 0 radical (unpaired) electrons. The molecule has 0 fully saturated rings. The standard InChI is InChI=1S/C13H13ClN4O/c1-17-6-11(15-16-17)7-18-5-9(8-19)12-3-2-10(14)4-13(12)18/h2-6,19H,7-8H2,1H3. The third-order valence-electron chi connectivity index (χ3n) is 3.08. The van der Waals surface area contributed by atoms with Crippen LogP contribution in [0.1, 0.15) is 11.3 Å². The van der Waals surface area contributed by atoms with Gasteiger partial charge in [0, 0.05) is 35.4 Å². The highest BCUT2D eigenvalue weighted by atomic mass is 35.5. The Morgan fingerprint density at radius 1 is 1.32 bits per heavy atom. The van der Waals surface area contributed by atoms with Crippen LogP contribution in [0.4, 0.5) is 0 Å². The first-order valence-corrected chi connectivity index (χ1v) is 6.28. The second kappa shape index (κ2) is 4.68. The highest BCUT2D eigenvalue weighted by Crippen LogP contribution is 2.25. The minimum absolute atomic E-state index is 0.00556. The van der Waals surface area contributed by atoms with Gasteiger partial charge in [0.05, 0.1) is 18.7 Å². The topological polar surface area (TPSA) is 55.9 Å². The van der Waals surface area contributed by atoms with E-state index in [0.717, 1.165) is 22.2 Å². The van der Waals surface area contributed by atoms with Crippen molar-refractivity contribution in [2.75, 3.05) is 0 Å². The van der Waals surface area contributed by atoms with Crippen molar-refractivity contribution >= 4 is 22.5 Å². The lowest BCUT2D eigenvalue weighted by Crippen LogP contribution is -1.98. The van der Waals surface area contributed by atoms with Crippen LogP contribution in [0, 0.1) is 0 Å². The molecule has 2 aromatic heterocycles. The molecule has 0 aliphatic heterocycles. The fourth-order valence-electron chi connectivity index (χ4n) is 2.24. The summed E-state index contributed by atoms with van der Waals surface area (Å²) in [5.74, 6) is 0. The van der Waals surface area contributed by atoms with Gasteiger partial charge in [0.15, 0.2) is 0 Å². The summed E-state index contributed by atoms with van der Waals surface area (Å²) in [5, 5.41) is 19.1. The summed E-state index contributed by atoms with van der Waals surface area (Å²) in [6.07, 6.45) is 3.80. The molecule has 0 bridgehead atoms. The second-order valence-electron chi connectivity index (χ2n) is 4.49. The van der Waals surface area contributed by atoms with E-state index >= 15 is 0 Å². The molecule has 3 rings (SSSR count). The zero-order valence-electron chi connectivity index (χ0n) is 10.4. The number of rotatable bonds is 3. The van der Waals surface area contributed by atoms with Gasteiger partial charge in [-0.15, -0.1) is 5.10 Å². The van der Waals surface area contributed by atoms with Crippen LogP contribution >= 0.6 is 11.6 Å². The molecule has 0 saturated heterocycles. The van der Waals surface area contributed by atoms with Crippen LogP contribution in [0.5, 0.6) is 0 Å². The van der Waals surface area contributed by atoms with E-state index in [1.807, 2.05) is 42.2 Å². The van der Waals surface area contributed by atoms with Crippen LogP contribution in [0.25, 0.3) is 10.9 Å². The van der Waals surface area contributed by atoms with Gasteiger partial charge < -0.3 is 9.67 Å². The molecule has 6 heteroatoms. The largest absolute Gasteiger partial charge is 0.392 e. The monoisotopic (exact) mass is 276 g/mol. The van der Waals surface area contributed by atoms with Gasteiger partial charge >= 0.3 is 0 Å². The van der Waals surface area contributed by atoms with Gasteiger partial charge in [-0.3, -0.25) is 4.68 Å². The number of aliphatic hydroxyl groups is 1. The third kappa shape index (κ3) is 2.22. The van der Waals surface area contributed by atoms with Gasteiger partial charge in [-0.25, -0.2) is 0 Å². The zero-order valence-corrected chi connectivity index (χ0v) is 11.2. The van der Waals surface area contributed by atoms with Crippen LogP contribution < -0.4 is 0 Å². The molecule has 1 aromatic carbocycles. The Bertz CT molecular complexity index is 731. The lowest BCUT2D eigenvalue weighted by Gasteiger charge is -2.02. The van der Waals surface area contributed by atoms with E-state index in [-0.39, 0.29) is 6.61 Å². The van der Waals surface area contributed by atoms with Crippen molar-refractivity contribution in [1.29, 1.82) is 0 Å². The van der Waals surface area contributed by atoms with E-state index in [1.54, 1.807) is 4.68 Å². The number of halogens is 1. The summed E-state index contributed by atoms with van der Waals surface area (Å²) < 4.78 is 3.69. The quantitative estimate of drug-likeness (QED) is 0.796. The van der Waals surface area contributed by atoms with Crippen molar-refractivity contribution in [3.8, 4) is 0 Å². The molecule has 19 heavy (non-hydrogen) atoms. The van der Waals surface area contributed by atoms with E-state index in [2.05, 4.69) is 10.3 Å². The van der Waals surface area contributed by atoms with Crippen molar-refractivity contribution in [2.24, 2.45) is 7.05 Å². The maximum absolute atomic E-state index is 9.41. The maximum Gasteiger partial charge on any atom is 0.102 e. The van der Waals surface area contributed by atoms with Crippen molar-refractivity contribution in [3.05, 3.63) is 46.9 Å². The molecule has 3 aromatic rings. The molecule has 2 heterocycles. The van der Waals surface area contributed by atoms with Crippen molar-refractivity contribution in [1.82, 2.24) is 19.6 Å². The lowest BCUT2D eigenvalue weighted by atomic mass is 10.2. The molecule has 0 aliphatic rings. The Balaban J connectivity index is 2.09. The number of fused-ring (bicyclic) bond motifs is 1. The number of aromatic nitrogens is 4. The highest BCUT2D eigenvalue weighted by molar-refractivity contribution is 6.31. The molecule has 5 nitrogen and oxygen atoms in total. The Labute approximate surface area is 115 Å². The zero-order chi connectivity index (χ0) is 13.4. The molecule has 0 atom stereocenters. The average molecular weight is 277 g/mol. The molecule has 0 unspecified atom stereocenters. The molecule has 0 aliphatic carbocycles. The van der Waals surface area contributed by atoms with Crippen LogP contribution in [-0.2, 0) is 20.2 Å². The summed E-state index contributed by atoms with van der Waals surface area (Å²) >= 11 is 6.04. The minimum atomic E-state index is 0.00556. The van der Waals surface area contributed by atoms with E-state index in [9.17, 15) is 5.11 Å². The fourth-order valence-corrected chi connectivity index (χ4v) is 2.41. The number of benzene rings is 1. The van der Waals surface area contributed by atoms with Crippen molar-refractivity contribution in [2.45, 2.75) is 13.2 Å². The van der Waals surface area contributed by atoms with Gasteiger partial charge in [-0.1, -0.05) is 22.9 Å². The normalized spacial score (nSPS) is 11.3. The first-order valence-electron chi connectivity index (χ1n) is 5.90. The predicted octanol–water partition coefficient (Wildman–Crippen LogP) is 1.96. The summed E-state index contributed by atoms with van der Waals surface area (Å²) in [6.45, 7) is 0.607. The lowest BCUT2D eigenvalue weighted by molar-refractivity contribution is 0.283. The third-order valence-corrected chi connectivity index (χ3v) is 3.31. The number of aryl methyl sites for hydroxylation is 1. The van der Waals surface area contributed by atoms with Crippen LogP contribution in [0.15, 0.2) is 30.6 Å². The molecule has 0 spiro atoms. The molecule has 98 valence electrons. The maximum atomic E-state index is 9.41. The minimum Gasteiger partial charge on any atom is -0.392 e. The van der Waals surface area contributed by atoms with E-state index in [1.165, 1.54) is 0 Å². The molecular formula is C13H13ClN4O. The summed E-state index contributed by atoms with van der Waals surface area (Å²) in [5.41, 5.74) is 2.74.